The molecule has 1 unspecified atom stereocenters. The largest absolute Gasteiger partial charge is 0.494 e. The Morgan fingerprint density at radius 2 is 1.78 bits per heavy atom. The van der Waals surface area contributed by atoms with Gasteiger partial charge in [0.2, 0.25) is 0 Å². The van der Waals surface area contributed by atoms with Gasteiger partial charge in [0.15, 0.2) is 11.5 Å². The Morgan fingerprint density at radius 1 is 1.05 bits per heavy atom. The SMILES string of the molecule is COc1cc(C(=O)NCC(O)(CO)c2ccc(OC)c(-c3ccc(F)c(Cl)c3)n2)ccc1OCCCO. The van der Waals surface area contributed by atoms with Crippen LogP contribution in [0.5, 0.6) is 17.2 Å². The molecule has 0 saturated carbocycles. The van der Waals surface area contributed by atoms with E-state index >= 15 is 0 Å². The quantitative estimate of drug-likeness (QED) is 0.261. The summed E-state index contributed by atoms with van der Waals surface area (Å²) in [6, 6.07) is 11.6. The average Bonchev–Trinajstić information content (AvgIpc) is 2.92. The second kappa shape index (κ2) is 12.7. The Labute approximate surface area is 218 Å². The van der Waals surface area contributed by atoms with Crippen molar-refractivity contribution in [3.63, 3.8) is 0 Å². The zero-order valence-electron chi connectivity index (χ0n) is 20.3. The molecule has 0 radical (unpaired) electrons. The number of aliphatic hydroxyl groups excluding tert-OH is 2. The van der Waals surface area contributed by atoms with Crippen molar-refractivity contribution in [1.29, 1.82) is 0 Å². The minimum atomic E-state index is -1.95. The topological polar surface area (TPSA) is 130 Å². The molecule has 0 saturated heterocycles. The molecule has 1 amide bonds. The first kappa shape index (κ1) is 28.1. The van der Waals surface area contributed by atoms with Crippen molar-refractivity contribution < 1.29 is 38.7 Å². The first-order valence-electron chi connectivity index (χ1n) is 11.3. The molecule has 9 nitrogen and oxygen atoms in total. The molecule has 1 atom stereocenters. The maximum atomic E-state index is 13.7. The molecule has 1 heterocycles. The summed E-state index contributed by atoms with van der Waals surface area (Å²) in [6.07, 6.45) is 0.445. The van der Waals surface area contributed by atoms with E-state index in [1.807, 2.05) is 0 Å². The van der Waals surface area contributed by atoms with Crippen LogP contribution in [0.4, 0.5) is 4.39 Å². The number of nitrogens with one attached hydrogen (secondary N) is 1. The molecule has 0 bridgehead atoms. The summed E-state index contributed by atoms with van der Waals surface area (Å²) in [5, 5.41) is 32.6. The van der Waals surface area contributed by atoms with E-state index in [4.69, 9.17) is 30.9 Å². The van der Waals surface area contributed by atoms with Crippen LogP contribution in [0.1, 0.15) is 22.5 Å². The maximum Gasteiger partial charge on any atom is 0.251 e. The predicted octanol–water partition coefficient (Wildman–Crippen LogP) is 2.93. The highest BCUT2D eigenvalue weighted by Gasteiger charge is 2.32. The fraction of sp³-hybridized carbons (Fsp3) is 0.308. The standard InChI is InChI=1S/C26H28ClFN2O7/c1-35-21-8-9-23(30-24(21)16-4-6-19(28)18(27)12-16)26(34,15-32)14-29-25(33)17-5-7-20(22(13-17)36-2)37-11-3-10-31/h4-9,12-13,31-32,34H,3,10-11,14-15H2,1-2H3,(H,29,33). The van der Waals surface area contributed by atoms with Gasteiger partial charge in [0.05, 0.1) is 44.7 Å². The minimum absolute atomic E-state index is 0.0151. The number of pyridine rings is 1. The molecule has 37 heavy (non-hydrogen) atoms. The summed E-state index contributed by atoms with van der Waals surface area (Å²) in [5.74, 6) is -0.0653. The van der Waals surface area contributed by atoms with E-state index in [0.29, 0.717) is 29.2 Å². The molecule has 198 valence electrons. The highest BCUT2D eigenvalue weighted by Crippen LogP contribution is 2.33. The van der Waals surface area contributed by atoms with E-state index in [-0.39, 0.29) is 41.7 Å². The van der Waals surface area contributed by atoms with Gasteiger partial charge < -0.3 is 34.8 Å². The molecule has 3 aromatic rings. The second-order valence-electron chi connectivity index (χ2n) is 8.04. The summed E-state index contributed by atoms with van der Waals surface area (Å²) in [7, 11) is 2.86. The number of hydrogen-bond acceptors (Lipinski definition) is 8. The van der Waals surface area contributed by atoms with E-state index in [2.05, 4.69) is 10.3 Å². The smallest absolute Gasteiger partial charge is 0.251 e. The number of hydrogen-bond donors (Lipinski definition) is 4. The number of halogens is 2. The van der Waals surface area contributed by atoms with Gasteiger partial charge in [0.25, 0.3) is 5.91 Å². The van der Waals surface area contributed by atoms with Crippen LogP contribution in [0.3, 0.4) is 0 Å². The number of aliphatic hydroxyl groups is 3. The third kappa shape index (κ3) is 6.66. The third-order valence-corrected chi connectivity index (χ3v) is 5.83. The van der Waals surface area contributed by atoms with Crippen LogP contribution in [0.2, 0.25) is 5.02 Å². The number of amides is 1. The van der Waals surface area contributed by atoms with Crippen molar-refractivity contribution in [3.05, 3.63) is 70.6 Å². The lowest BCUT2D eigenvalue weighted by atomic mass is 9.98. The summed E-state index contributed by atoms with van der Waals surface area (Å²) in [5.41, 5.74) is -0.963. The van der Waals surface area contributed by atoms with E-state index < -0.39 is 23.9 Å². The van der Waals surface area contributed by atoms with Crippen molar-refractivity contribution >= 4 is 17.5 Å². The fourth-order valence-electron chi connectivity index (χ4n) is 3.45. The molecule has 1 aromatic heterocycles. The van der Waals surface area contributed by atoms with E-state index in [9.17, 15) is 19.4 Å². The van der Waals surface area contributed by atoms with E-state index in [1.54, 1.807) is 6.07 Å². The number of aromatic nitrogens is 1. The Hall–Kier alpha value is -3.44. The number of carbonyl (C=O) groups is 1. The molecule has 0 aliphatic heterocycles. The zero-order valence-corrected chi connectivity index (χ0v) is 21.1. The number of nitrogens with zero attached hydrogens (tertiary/aromatic N) is 1. The average molecular weight is 535 g/mol. The fourth-order valence-corrected chi connectivity index (χ4v) is 3.63. The van der Waals surface area contributed by atoms with Crippen LogP contribution in [0.25, 0.3) is 11.3 Å². The third-order valence-electron chi connectivity index (χ3n) is 5.54. The monoisotopic (exact) mass is 534 g/mol. The molecule has 4 N–H and O–H groups in total. The molecule has 0 spiro atoms. The van der Waals surface area contributed by atoms with Crippen LogP contribution in [0, 0.1) is 5.82 Å². The highest BCUT2D eigenvalue weighted by molar-refractivity contribution is 6.31. The first-order chi connectivity index (χ1) is 17.8. The van der Waals surface area contributed by atoms with Gasteiger partial charge in [-0.15, -0.1) is 0 Å². The lowest BCUT2D eigenvalue weighted by Crippen LogP contribution is -2.44. The second-order valence-corrected chi connectivity index (χ2v) is 8.45. The molecule has 3 rings (SSSR count). The zero-order chi connectivity index (χ0) is 27.0. The van der Waals surface area contributed by atoms with Gasteiger partial charge in [-0.05, 0) is 48.5 Å². The molecule has 0 aliphatic carbocycles. The van der Waals surface area contributed by atoms with Crippen LogP contribution in [0.15, 0.2) is 48.5 Å². The van der Waals surface area contributed by atoms with Gasteiger partial charge in [0, 0.05) is 24.2 Å². The summed E-state index contributed by atoms with van der Waals surface area (Å²) >= 11 is 5.91. The Morgan fingerprint density at radius 3 is 2.43 bits per heavy atom. The summed E-state index contributed by atoms with van der Waals surface area (Å²) in [4.78, 5) is 17.2. The van der Waals surface area contributed by atoms with Gasteiger partial charge in [-0.3, -0.25) is 4.79 Å². The summed E-state index contributed by atoms with van der Waals surface area (Å²) < 4.78 is 29.8. The Kier molecular flexibility index (Phi) is 9.65. The van der Waals surface area contributed by atoms with Crippen molar-refractivity contribution in [3.8, 4) is 28.5 Å². The number of benzene rings is 2. The lowest BCUT2D eigenvalue weighted by Gasteiger charge is -2.26. The van der Waals surface area contributed by atoms with E-state index in [1.165, 1.54) is 56.7 Å². The van der Waals surface area contributed by atoms with Gasteiger partial charge in [-0.1, -0.05) is 11.6 Å². The number of rotatable bonds is 12. The number of carbonyl (C=O) groups excluding carboxylic acids is 1. The Bertz CT molecular complexity index is 1240. The lowest BCUT2D eigenvalue weighted by molar-refractivity contribution is -0.0203. The predicted molar refractivity (Wildman–Crippen MR) is 135 cm³/mol. The molecule has 11 heteroatoms. The first-order valence-corrected chi connectivity index (χ1v) is 11.7. The number of ether oxygens (including phenoxy) is 3. The highest BCUT2D eigenvalue weighted by atomic mass is 35.5. The van der Waals surface area contributed by atoms with E-state index in [0.717, 1.165) is 0 Å². The normalized spacial score (nSPS) is 12.5. The van der Waals surface area contributed by atoms with Crippen molar-refractivity contribution in [2.45, 2.75) is 12.0 Å². The van der Waals surface area contributed by atoms with Gasteiger partial charge in [0.1, 0.15) is 22.9 Å². The van der Waals surface area contributed by atoms with Gasteiger partial charge in [-0.2, -0.15) is 0 Å². The molecule has 0 fully saturated rings. The molecular formula is C26H28ClFN2O7. The molecule has 0 aliphatic rings. The van der Waals surface area contributed by atoms with Gasteiger partial charge >= 0.3 is 0 Å². The van der Waals surface area contributed by atoms with Crippen LogP contribution >= 0.6 is 11.6 Å². The van der Waals surface area contributed by atoms with Gasteiger partial charge in [-0.25, -0.2) is 9.37 Å². The molecular weight excluding hydrogens is 507 g/mol. The van der Waals surface area contributed by atoms with Crippen LogP contribution in [-0.4, -0.2) is 66.8 Å². The van der Waals surface area contributed by atoms with Crippen molar-refractivity contribution in [2.75, 3.05) is 40.6 Å². The summed E-state index contributed by atoms with van der Waals surface area (Å²) in [6.45, 7) is -0.860. The maximum absolute atomic E-state index is 13.7. The number of methoxy groups -OCH3 is 2. The van der Waals surface area contributed by atoms with Crippen molar-refractivity contribution in [2.24, 2.45) is 0 Å². The minimum Gasteiger partial charge on any atom is -0.494 e. The molecule has 2 aromatic carbocycles. The van der Waals surface area contributed by atoms with Crippen LogP contribution in [-0.2, 0) is 5.60 Å². The van der Waals surface area contributed by atoms with Crippen molar-refractivity contribution in [1.82, 2.24) is 10.3 Å². The van der Waals surface area contributed by atoms with Crippen LogP contribution < -0.4 is 19.5 Å². The Balaban J connectivity index is 1.82.